The van der Waals surface area contributed by atoms with Crippen LogP contribution < -0.4 is 23.8 Å². The maximum absolute atomic E-state index is 14.0. The second kappa shape index (κ2) is 14.4. The summed E-state index contributed by atoms with van der Waals surface area (Å²) < 4.78 is 45.1. The van der Waals surface area contributed by atoms with Crippen molar-refractivity contribution in [2.24, 2.45) is 0 Å². The maximum Gasteiger partial charge on any atom is 0.264 e. The minimum atomic E-state index is -4.20. The van der Waals surface area contributed by atoms with E-state index in [1.54, 1.807) is 42.1 Å². The van der Waals surface area contributed by atoms with Crippen molar-refractivity contribution >= 4 is 50.7 Å². The molecule has 0 radical (unpaired) electrons. The fraction of sp³-hybridized carbons (Fsp3) is 0.194. The Kier molecular flexibility index (Phi) is 10.6. The van der Waals surface area contributed by atoms with Crippen LogP contribution >= 0.6 is 23.4 Å². The van der Waals surface area contributed by atoms with Crippen molar-refractivity contribution in [2.45, 2.75) is 22.5 Å². The van der Waals surface area contributed by atoms with Crippen molar-refractivity contribution in [3.63, 3.8) is 0 Å². The Morgan fingerprint density at radius 3 is 2.26 bits per heavy atom. The van der Waals surface area contributed by atoms with E-state index in [9.17, 15) is 13.2 Å². The summed E-state index contributed by atoms with van der Waals surface area (Å²) in [5, 5.41) is 3.56. The highest BCUT2D eigenvalue weighted by molar-refractivity contribution is 7.98. The van der Waals surface area contributed by atoms with E-state index in [0.717, 1.165) is 14.8 Å². The lowest BCUT2D eigenvalue weighted by Crippen LogP contribution is -2.38. The molecule has 0 aliphatic carbocycles. The third kappa shape index (κ3) is 7.70. The molecule has 0 spiro atoms. The molecule has 8 nitrogen and oxygen atoms in total. The van der Waals surface area contributed by atoms with Gasteiger partial charge < -0.3 is 19.5 Å². The summed E-state index contributed by atoms with van der Waals surface area (Å²) in [7, 11) is -1.31. The molecule has 1 amide bonds. The number of benzene rings is 4. The molecule has 0 aromatic heterocycles. The van der Waals surface area contributed by atoms with E-state index in [1.165, 1.54) is 32.4 Å². The first-order valence-electron chi connectivity index (χ1n) is 13.0. The number of nitrogens with zero attached hydrogens (tertiary/aromatic N) is 1. The van der Waals surface area contributed by atoms with Crippen LogP contribution in [0.4, 0.5) is 11.4 Å². The number of amides is 1. The summed E-state index contributed by atoms with van der Waals surface area (Å²) in [6.07, 6.45) is 0. The lowest BCUT2D eigenvalue weighted by molar-refractivity contribution is -0.114. The first-order chi connectivity index (χ1) is 20.2. The third-order valence-corrected chi connectivity index (χ3v) is 9.30. The number of sulfonamides is 1. The van der Waals surface area contributed by atoms with Gasteiger partial charge in [0.1, 0.15) is 12.3 Å². The molecule has 4 aromatic carbocycles. The molecule has 1 N–H and O–H groups in total. The van der Waals surface area contributed by atoms with Crippen molar-refractivity contribution in [1.82, 2.24) is 0 Å². The molecule has 0 unspecified atom stereocenters. The predicted octanol–water partition coefficient (Wildman–Crippen LogP) is 6.88. The van der Waals surface area contributed by atoms with Gasteiger partial charge in [-0.1, -0.05) is 35.9 Å². The van der Waals surface area contributed by atoms with Gasteiger partial charge in [-0.05, 0) is 73.2 Å². The molecule has 0 aliphatic rings. The van der Waals surface area contributed by atoms with Crippen LogP contribution in [-0.2, 0) is 20.6 Å². The molecule has 0 saturated carbocycles. The van der Waals surface area contributed by atoms with Gasteiger partial charge in [-0.3, -0.25) is 9.10 Å². The molecule has 0 fully saturated rings. The minimum absolute atomic E-state index is 0.0549. The summed E-state index contributed by atoms with van der Waals surface area (Å²) in [5.41, 5.74) is 1.96. The van der Waals surface area contributed by atoms with Gasteiger partial charge in [0, 0.05) is 21.7 Å². The Labute approximate surface area is 255 Å². The van der Waals surface area contributed by atoms with Crippen LogP contribution in [-0.4, -0.2) is 41.7 Å². The molecule has 0 atom stereocenters. The van der Waals surface area contributed by atoms with E-state index < -0.39 is 22.5 Å². The summed E-state index contributed by atoms with van der Waals surface area (Å²) in [4.78, 5) is 14.2. The van der Waals surface area contributed by atoms with Gasteiger partial charge in [-0.2, -0.15) is 0 Å². The molecule has 4 aromatic rings. The molecular weight excluding hydrogens is 596 g/mol. The smallest absolute Gasteiger partial charge is 0.264 e. The zero-order valence-electron chi connectivity index (χ0n) is 23.4. The lowest BCUT2D eigenvalue weighted by Gasteiger charge is -2.25. The zero-order chi connectivity index (χ0) is 30.1. The second-order valence-corrected chi connectivity index (χ2v) is 12.2. The lowest BCUT2D eigenvalue weighted by atomic mass is 10.2. The van der Waals surface area contributed by atoms with E-state index in [-0.39, 0.29) is 10.6 Å². The van der Waals surface area contributed by atoms with Gasteiger partial charge in [-0.25, -0.2) is 8.42 Å². The molecule has 0 heterocycles. The van der Waals surface area contributed by atoms with Gasteiger partial charge in [0.2, 0.25) is 5.91 Å². The van der Waals surface area contributed by atoms with Crippen LogP contribution in [0.3, 0.4) is 0 Å². The normalized spacial score (nSPS) is 11.0. The number of hydrogen-bond donors (Lipinski definition) is 1. The number of para-hydroxylation sites is 1. The number of ether oxygens (including phenoxy) is 3. The summed E-state index contributed by atoms with van der Waals surface area (Å²) in [6.45, 7) is 1.85. The molecule has 42 heavy (non-hydrogen) atoms. The number of carbonyl (C=O) groups excluding carboxylic acids is 1. The molecule has 11 heteroatoms. The van der Waals surface area contributed by atoms with E-state index in [0.29, 0.717) is 40.3 Å². The highest BCUT2D eigenvalue weighted by Gasteiger charge is 2.29. The third-order valence-electron chi connectivity index (χ3n) is 6.13. The van der Waals surface area contributed by atoms with Crippen molar-refractivity contribution < 1.29 is 27.4 Å². The van der Waals surface area contributed by atoms with E-state index in [2.05, 4.69) is 5.32 Å². The summed E-state index contributed by atoms with van der Waals surface area (Å²) in [5.74, 6) is 1.37. The van der Waals surface area contributed by atoms with Gasteiger partial charge in [-0.15, -0.1) is 11.8 Å². The van der Waals surface area contributed by atoms with Gasteiger partial charge in [0.05, 0.1) is 37.1 Å². The number of methoxy groups -OCH3 is 2. The number of rotatable bonds is 13. The largest absolute Gasteiger partial charge is 0.494 e. The SMILES string of the molecule is CCOc1ccc(N(CC(=O)Nc2ccccc2SCc2ccc(Cl)cc2)S(=O)(=O)c2ccc(OC)c(OC)c2)cc1. The van der Waals surface area contributed by atoms with Crippen LogP contribution in [0.5, 0.6) is 17.2 Å². The van der Waals surface area contributed by atoms with Gasteiger partial charge in [0.25, 0.3) is 10.0 Å². The average molecular weight is 627 g/mol. The molecular formula is C31H31ClN2O6S2. The van der Waals surface area contributed by atoms with Gasteiger partial charge >= 0.3 is 0 Å². The molecule has 4 rings (SSSR count). The topological polar surface area (TPSA) is 94.2 Å². The number of halogens is 1. The van der Waals surface area contributed by atoms with Crippen LogP contribution in [0, 0.1) is 0 Å². The van der Waals surface area contributed by atoms with Crippen LogP contribution in [0.15, 0.2) is 101 Å². The van der Waals surface area contributed by atoms with Crippen molar-refractivity contribution in [3.05, 3.63) is 102 Å². The molecule has 0 aliphatic heterocycles. The Morgan fingerprint density at radius 1 is 0.905 bits per heavy atom. The standard InChI is InChI=1S/C31H31ClN2O6S2/c1-4-40-25-15-13-24(14-16-25)34(42(36,37)26-17-18-28(38-2)29(19-26)39-3)20-31(35)33-27-7-5-6-8-30(27)41-21-22-9-11-23(32)12-10-22/h5-19H,4,20-21H2,1-3H3,(H,33,35). The number of carbonyl (C=O) groups is 1. The Bertz CT molecular complexity index is 1610. The van der Waals surface area contributed by atoms with Crippen molar-refractivity contribution in [2.75, 3.05) is 37.0 Å². The number of nitrogens with one attached hydrogen (secondary N) is 1. The first-order valence-corrected chi connectivity index (χ1v) is 15.8. The number of thioether (sulfide) groups is 1. The second-order valence-electron chi connectivity index (χ2n) is 8.91. The van der Waals surface area contributed by atoms with Crippen LogP contribution in [0.2, 0.25) is 5.02 Å². The summed E-state index contributed by atoms with van der Waals surface area (Å²) >= 11 is 7.55. The summed E-state index contributed by atoms with van der Waals surface area (Å²) in [6, 6.07) is 25.8. The molecule has 0 bridgehead atoms. The van der Waals surface area contributed by atoms with E-state index >= 15 is 0 Å². The highest BCUT2D eigenvalue weighted by atomic mass is 35.5. The number of hydrogen-bond acceptors (Lipinski definition) is 7. The fourth-order valence-corrected chi connectivity index (χ4v) is 6.58. The Balaban J connectivity index is 1.61. The highest BCUT2D eigenvalue weighted by Crippen LogP contribution is 2.34. The predicted molar refractivity (Wildman–Crippen MR) is 168 cm³/mol. The molecule has 0 saturated heterocycles. The van der Waals surface area contributed by atoms with Crippen molar-refractivity contribution in [3.8, 4) is 17.2 Å². The van der Waals surface area contributed by atoms with Crippen LogP contribution in [0.1, 0.15) is 12.5 Å². The quantitative estimate of drug-likeness (QED) is 0.162. The Hall–Kier alpha value is -3.86. The fourth-order valence-electron chi connectivity index (χ4n) is 4.05. The van der Waals surface area contributed by atoms with E-state index in [1.807, 2.05) is 49.4 Å². The molecule has 220 valence electrons. The monoisotopic (exact) mass is 626 g/mol. The first kappa shape index (κ1) is 31.1. The zero-order valence-corrected chi connectivity index (χ0v) is 25.8. The van der Waals surface area contributed by atoms with E-state index in [4.69, 9.17) is 25.8 Å². The Morgan fingerprint density at radius 2 is 1.60 bits per heavy atom. The average Bonchev–Trinajstić information content (AvgIpc) is 3.00. The number of anilines is 2. The minimum Gasteiger partial charge on any atom is -0.494 e. The van der Waals surface area contributed by atoms with Crippen LogP contribution in [0.25, 0.3) is 0 Å². The van der Waals surface area contributed by atoms with Gasteiger partial charge in [0.15, 0.2) is 11.5 Å². The maximum atomic E-state index is 14.0. The van der Waals surface area contributed by atoms with Crippen molar-refractivity contribution in [1.29, 1.82) is 0 Å².